The third kappa shape index (κ3) is 2.98. The van der Waals surface area contributed by atoms with E-state index in [0.29, 0.717) is 31.6 Å². The van der Waals surface area contributed by atoms with Crippen LogP contribution in [0.3, 0.4) is 0 Å². The highest BCUT2D eigenvalue weighted by Gasteiger charge is 2.18. The van der Waals surface area contributed by atoms with E-state index in [1.165, 1.54) is 0 Å². The van der Waals surface area contributed by atoms with Crippen molar-refractivity contribution in [3.63, 3.8) is 0 Å². The molecule has 2 heterocycles. The molecule has 0 amide bonds. The molecule has 0 atom stereocenters. The molecule has 0 N–H and O–H groups in total. The van der Waals surface area contributed by atoms with Crippen molar-refractivity contribution in [2.75, 3.05) is 13.2 Å². The van der Waals surface area contributed by atoms with Crippen LogP contribution in [0.25, 0.3) is 0 Å². The first-order chi connectivity index (χ1) is 9.83. The van der Waals surface area contributed by atoms with E-state index in [9.17, 15) is 4.79 Å². The Morgan fingerprint density at radius 1 is 1.10 bits per heavy atom. The maximum absolute atomic E-state index is 12.1. The summed E-state index contributed by atoms with van der Waals surface area (Å²) in [4.78, 5) is 12.1. The maximum atomic E-state index is 12.1. The lowest BCUT2D eigenvalue weighted by molar-refractivity contribution is -0.0441. The molecule has 1 aromatic carbocycles. The van der Waals surface area contributed by atoms with Crippen molar-refractivity contribution in [2.24, 2.45) is 0 Å². The molecule has 20 heavy (non-hydrogen) atoms. The van der Waals surface area contributed by atoms with E-state index < -0.39 is 0 Å². The summed E-state index contributed by atoms with van der Waals surface area (Å²) in [7, 11) is 0. The third-order valence-corrected chi connectivity index (χ3v) is 3.31. The van der Waals surface area contributed by atoms with E-state index in [1.54, 1.807) is 6.26 Å². The zero-order chi connectivity index (χ0) is 13.8. The van der Waals surface area contributed by atoms with Gasteiger partial charge in [0.15, 0.2) is 12.1 Å². The van der Waals surface area contributed by atoms with Gasteiger partial charge in [-0.2, -0.15) is 0 Å². The Kier molecular flexibility index (Phi) is 3.95. The highest BCUT2D eigenvalue weighted by molar-refractivity contribution is 5.96. The zero-order valence-electron chi connectivity index (χ0n) is 11.1. The Hall–Kier alpha value is -1.91. The molecule has 1 saturated heterocycles. The van der Waals surface area contributed by atoms with Crippen molar-refractivity contribution in [2.45, 2.75) is 19.1 Å². The van der Waals surface area contributed by atoms with Gasteiger partial charge >= 0.3 is 0 Å². The molecule has 4 heteroatoms. The number of ether oxygens (including phenoxy) is 2. The molecule has 0 aliphatic carbocycles. The van der Waals surface area contributed by atoms with Gasteiger partial charge < -0.3 is 13.9 Å². The summed E-state index contributed by atoms with van der Waals surface area (Å²) < 4.78 is 16.1. The first-order valence-electron chi connectivity index (χ1n) is 6.72. The highest BCUT2D eigenvalue weighted by atomic mass is 16.7. The standard InChI is InChI=1S/C16H16O4/c17-15(8-7-14-2-1-9-18-14)12-3-5-13(6-4-12)16-19-10-11-20-16/h1-6,9,16H,7-8,10-11H2. The number of rotatable bonds is 5. The fourth-order valence-electron chi connectivity index (χ4n) is 2.21. The van der Waals surface area contributed by atoms with Gasteiger partial charge in [0.2, 0.25) is 0 Å². The summed E-state index contributed by atoms with van der Waals surface area (Å²) >= 11 is 0. The van der Waals surface area contributed by atoms with Crippen LogP contribution in [0.1, 0.15) is 34.4 Å². The van der Waals surface area contributed by atoms with Gasteiger partial charge in [-0.1, -0.05) is 24.3 Å². The molecule has 104 valence electrons. The number of furan rings is 1. The normalized spacial score (nSPS) is 15.6. The predicted molar refractivity (Wildman–Crippen MR) is 72.4 cm³/mol. The molecule has 3 rings (SSSR count). The number of carbonyl (C=O) groups is 1. The molecular formula is C16H16O4. The Labute approximate surface area is 117 Å². The molecule has 1 aromatic heterocycles. The SMILES string of the molecule is O=C(CCc1ccco1)c1ccc(C2OCCO2)cc1. The molecule has 0 spiro atoms. The van der Waals surface area contributed by atoms with Crippen molar-refractivity contribution < 1.29 is 18.7 Å². The van der Waals surface area contributed by atoms with Gasteiger partial charge in [-0.3, -0.25) is 4.79 Å². The number of ketones is 1. The Balaban J connectivity index is 1.60. The second-order valence-corrected chi connectivity index (χ2v) is 4.70. The Morgan fingerprint density at radius 3 is 2.50 bits per heavy atom. The van der Waals surface area contributed by atoms with Crippen LogP contribution in [-0.4, -0.2) is 19.0 Å². The molecular weight excluding hydrogens is 256 g/mol. The molecule has 0 unspecified atom stereocenters. The lowest BCUT2D eigenvalue weighted by atomic mass is 10.0. The first-order valence-corrected chi connectivity index (χ1v) is 6.72. The summed E-state index contributed by atoms with van der Waals surface area (Å²) in [6.07, 6.45) is 2.41. The quantitative estimate of drug-likeness (QED) is 0.784. The average molecular weight is 272 g/mol. The average Bonchev–Trinajstić information content (AvgIpc) is 3.18. The lowest BCUT2D eigenvalue weighted by Crippen LogP contribution is -2.03. The zero-order valence-corrected chi connectivity index (χ0v) is 11.1. The summed E-state index contributed by atoms with van der Waals surface area (Å²) in [6.45, 7) is 1.24. The monoisotopic (exact) mass is 272 g/mol. The van der Waals surface area contributed by atoms with Gasteiger partial charge in [0.1, 0.15) is 5.76 Å². The molecule has 1 fully saturated rings. The van der Waals surface area contributed by atoms with E-state index >= 15 is 0 Å². The van der Waals surface area contributed by atoms with Crippen LogP contribution >= 0.6 is 0 Å². The number of benzene rings is 1. The summed E-state index contributed by atoms with van der Waals surface area (Å²) in [6, 6.07) is 11.1. The van der Waals surface area contributed by atoms with Gasteiger partial charge in [0, 0.05) is 24.0 Å². The van der Waals surface area contributed by atoms with Crippen LogP contribution in [0.5, 0.6) is 0 Å². The molecule has 2 aromatic rings. The smallest absolute Gasteiger partial charge is 0.184 e. The number of carbonyl (C=O) groups excluding carboxylic acids is 1. The number of Topliss-reactive ketones (excluding diaryl/α,β-unsaturated/α-hetero) is 1. The van der Waals surface area contributed by atoms with E-state index in [0.717, 1.165) is 11.3 Å². The summed E-state index contributed by atoms with van der Waals surface area (Å²) in [5.41, 5.74) is 1.66. The maximum Gasteiger partial charge on any atom is 0.184 e. The van der Waals surface area contributed by atoms with Crippen LogP contribution in [0, 0.1) is 0 Å². The van der Waals surface area contributed by atoms with Crippen LogP contribution in [0.15, 0.2) is 47.1 Å². The van der Waals surface area contributed by atoms with E-state index in [2.05, 4.69) is 0 Å². The Morgan fingerprint density at radius 2 is 1.85 bits per heavy atom. The summed E-state index contributed by atoms with van der Waals surface area (Å²) in [5, 5.41) is 0. The van der Waals surface area contributed by atoms with Crippen LogP contribution < -0.4 is 0 Å². The van der Waals surface area contributed by atoms with Crippen LogP contribution in [0.2, 0.25) is 0 Å². The van der Waals surface area contributed by atoms with Gasteiger partial charge in [0.05, 0.1) is 19.5 Å². The van der Waals surface area contributed by atoms with Crippen molar-refractivity contribution in [3.05, 3.63) is 59.5 Å². The van der Waals surface area contributed by atoms with E-state index in [-0.39, 0.29) is 12.1 Å². The van der Waals surface area contributed by atoms with Gasteiger partial charge in [-0.05, 0) is 12.1 Å². The minimum Gasteiger partial charge on any atom is -0.469 e. The van der Waals surface area contributed by atoms with E-state index in [1.807, 2.05) is 36.4 Å². The number of hydrogen-bond acceptors (Lipinski definition) is 4. The lowest BCUT2D eigenvalue weighted by Gasteiger charge is -2.09. The fraction of sp³-hybridized carbons (Fsp3) is 0.312. The fourth-order valence-corrected chi connectivity index (χ4v) is 2.21. The molecule has 1 aliphatic heterocycles. The topological polar surface area (TPSA) is 48.7 Å². The van der Waals surface area contributed by atoms with Gasteiger partial charge in [0.25, 0.3) is 0 Å². The number of hydrogen-bond donors (Lipinski definition) is 0. The van der Waals surface area contributed by atoms with Crippen molar-refractivity contribution >= 4 is 5.78 Å². The van der Waals surface area contributed by atoms with Crippen LogP contribution in [-0.2, 0) is 15.9 Å². The third-order valence-electron chi connectivity index (χ3n) is 3.31. The second kappa shape index (κ2) is 6.03. The van der Waals surface area contributed by atoms with Crippen molar-refractivity contribution in [1.29, 1.82) is 0 Å². The minimum absolute atomic E-state index is 0.112. The van der Waals surface area contributed by atoms with E-state index in [4.69, 9.17) is 13.9 Å². The molecule has 1 aliphatic rings. The van der Waals surface area contributed by atoms with Gasteiger partial charge in [-0.25, -0.2) is 0 Å². The van der Waals surface area contributed by atoms with Crippen molar-refractivity contribution in [1.82, 2.24) is 0 Å². The number of aryl methyl sites for hydroxylation is 1. The minimum atomic E-state index is -0.290. The van der Waals surface area contributed by atoms with Gasteiger partial charge in [-0.15, -0.1) is 0 Å². The van der Waals surface area contributed by atoms with Crippen LogP contribution in [0.4, 0.5) is 0 Å². The molecule has 4 nitrogen and oxygen atoms in total. The second-order valence-electron chi connectivity index (χ2n) is 4.70. The first kappa shape index (κ1) is 13.1. The molecule has 0 bridgehead atoms. The summed E-state index contributed by atoms with van der Waals surface area (Å²) in [5.74, 6) is 0.948. The molecule has 0 saturated carbocycles. The highest BCUT2D eigenvalue weighted by Crippen LogP contribution is 2.23. The molecule has 0 radical (unpaired) electrons. The van der Waals surface area contributed by atoms with Crippen molar-refractivity contribution in [3.8, 4) is 0 Å². The predicted octanol–water partition coefficient (Wildman–Crippen LogP) is 3.14. The Bertz CT molecular complexity index is 551. The largest absolute Gasteiger partial charge is 0.469 e.